The number of halogens is 1. The summed E-state index contributed by atoms with van der Waals surface area (Å²) in [4.78, 5) is 44.0. The van der Waals surface area contributed by atoms with Crippen LogP contribution in [0.2, 0.25) is 0 Å². The number of aromatic hydroxyl groups is 2. The van der Waals surface area contributed by atoms with E-state index in [9.17, 15) is 24.6 Å². The number of benzene rings is 2. The number of allylic oxidation sites excluding steroid dienone is 4. The van der Waals surface area contributed by atoms with Gasteiger partial charge in [0, 0.05) is 53.5 Å². The fraction of sp³-hybridized carbons (Fsp3) is 0.400. The lowest BCUT2D eigenvalue weighted by molar-refractivity contribution is 0.0948. The van der Waals surface area contributed by atoms with Crippen LogP contribution in [0.4, 0.5) is 0 Å². The topological polar surface area (TPSA) is 128 Å². The van der Waals surface area contributed by atoms with Crippen molar-refractivity contribution in [1.29, 1.82) is 0 Å². The first-order valence-corrected chi connectivity index (χ1v) is 17.9. The minimum Gasteiger partial charge on any atom is -0.507 e. The smallest absolute Gasteiger partial charge is 0.251 e. The summed E-state index contributed by atoms with van der Waals surface area (Å²) < 4.78 is 0. The zero-order valence-corrected chi connectivity index (χ0v) is 28.5. The van der Waals surface area contributed by atoms with Gasteiger partial charge in [-0.2, -0.15) is 0 Å². The predicted octanol–water partition coefficient (Wildman–Crippen LogP) is 7.30. The number of nitrogens with one attached hydrogen (secondary N) is 2. The Kier molecular flexibility index (Phi) is 9.09. The first-order chi connectivity index (χ1) is 23.7. The average Bonchev–Trinajstić information content (AvgIpc) is 3.29. The van der Waals surface area contributed by atoms with Crippen LogP contribution in [0, 0.1) is 17.8 Å². The predicted molar refractivity (Wildman–Crippen MR) is 191 cm³/mol. The van der Waals surface area contributed by atoms with E-state index in [4.69, 9.17) is 16.6 Å². The second-order valence-corrected chi connectivity index (χ2v) is 14.6. The van der Waals surface area contributed by atoms with E-state index >= 15 is 0 Å². The molecule has 1 spiro atoms. The molecule has 4 atom stereocenters. The highest BCUT2D eigenvalue weighted by molar-refractivity contribution is 6.39. The number of phenols is 2. The van der Waals surface area contributed by atoms with Crippen LogP contribution in [0.15, 0.2) is 81.5 Å². The van der Waals surface area contributed by atoms with Gasteiger partial charge in [0.1, 0.15) is 17.0 Å². The molecular formula is C40H42ClN3O5. The Hall–Kier alpha value is -4.43. The number of unbranched alkanes of at least 4 members (excludes halogenated alkanes) is 5. The Bertz CT molecular complexity index is 1890. The van der Waals surface area contributed by atoms with E-state index in [0.29, 0.717) is 29.3 Å². The number of nitrogens with zero attached hydrogens (tertiary/aromatic N) is 1. The van der Waals surface area contributed by atoms with Crippen LogP contribution in [0.3, 0.4) is 0 Å². The Morgan fingerprint density at radius 2 is 1.73 bits per heavy atom. The van der Waals surface area contributed by atoms with Crippen LogP contribution in [0.25, 0.3) is 0 Å². The molecule has 4 N–H and O–H groups in total. The minimum absolute atomic E-state index is 0.0403. The van der Waals surface area contributed by atoms with E-state index < -0.39 is 23.2 Å². The second-order valence-electron chi connectivity index (χ2n) is 14.1. The Morgan fingerprint density at radius 3 is 2.55 bits per heavy atom. The number of phenolic OH excluding ortho intramolecular Hbond substituents is 2. The molecule has 254 valence electrons. The van der Waals surface area contributed by atoms with Crippen molar-refractivity contribution in [3.8, 4) is 11.5 Å². The molecule has 0 aromatic heterocycles. The van der Waals surface area contributed by atoms with Gasteiger partial charge in [0.2, 0.25) is 5.78 Å². The summed E-state index contributed by atoms with van der Waals surface area (Å²) in [5.41, 5.74) is 3.45. The van der Waals surface area contributed by atoms with E-state index in [2.05, 4.69) is 41.9 Å². The number of carbonyl (C=O) groups excluding carboxylic acids is 3. The summed E-state index contributed by atoms with van der Waals surface area (Å²) in [6.07, 6.45) is 20.7. The molecule has 0 saturated carbocycles. The minimum atomic E-state index is -0.644. The van der Waals surface area contributed by atoms with Crippen LogP contribution in [0.5, 0.6) is 11.5 Å². The van der Waals surface area contributed by atoms with Crippen molar-refractivity contribution in [2.45, 2.75) is 70.3 Å². The number of amides is 1. The van der Waals surface area contributed by atoms with Gasteiger partial charge in [-0.05, 0) is 80.9 Å². The molecule has 2 aromatic carbocycles. The third-order valence-electron chi connectivity index (χ3n) is 10.8. The average molecular weight is 680 g/mol. The molecule has 9 heteroatoms. The summed E-state index contributed by atoms with van der Waals surface area (Å²) in [5, 5.41) is 28.1. The summed E-state index contributed by atoms with van der Waals surface area (Å²) in [6, 6.07) is 6.80. The fourth-order valence-corrected chi connectivity index (χ4v) is 8.63. The highest BCUT2D eigenvalue weighted by Gasteiger charge is 2.50. The van der Waals surface area contributed by atoms with Gasteiger partial charge < -0.3 is 20.8 Å². The number of carbonyl (C=O) groups is 3. The van der Waals surface area contributed by atoms with Crippen molar-refractivity contribution in [3.63, 3.8) is 0 Å². The second kappa shape index (κ2) is 13.5. The van der Waals surface area contributed by atoms with E-state index in [1.165, 1.54) is 53.6 Å². The van der Waals surface area contributed by atoms with Crippen molar-refractivity contribution >= 4 is 35.3 Å². The number of fused-ring (bicyclic) bond motifs is 3. The molecule has 4 aliphatic carbocycles. The number of ketones is 2. The molecule has 0 radical (unpaired) electrons. The number of rotatable bonds is 11. The molecule has 8 nitrogen and oxygen atoms in total. The SMILES string of the molecule is CC1=CC2C3CC=C4C=C(Cl)C=NC42C=C(NCCCCCCCCNC(=O)c2cc(O)c4c(c2)C(=O)c2cccc(O)c2C4=O)C(C1)C3. The zero-order valence-electron chi connectivity index (χ0n) is 27.7. The highest BCUT2D eigenvalue weighted by atomic mass is 35.5. The molecule has 49 heavy (non-hydrogen) atoms. The largest absolute Gasteiger partial charge is 0.507 e. The molecule has 0 fully saturated rings. The molecule has 1 amide bonds. The number of hydrogen-bond acceptors (Lipinski definition) is 7. The van der Waals surface area contributed by atoms with Crippen LogP contribution in [-0.4, -0.2) is 52.5 Å². The van der Waals surface area contributed by atoms with Gasteiger partial charge in [-0.25, -0.2) is 0 Å². The Morgan fingerprint density at radius 1 is 0.980 bits per heavy atom. The van der Waals surface area contributed by atoms with Crippen molar-refractivity contribution in [2.24, 2.45) is 22.7 Å². The third kappa shape index (κ3) is 6.16. The van der Waals surface area contributed by atoms with Crippen LogP contribution in [-0.2, 0) is 0 Å². The quantitative estimate of drug-likeness (QED) is 0.124. The van der Waals surface area contributed by atoms with E-state index in [1.54, 1.807) is 0 Å². The van der Waals surface area contributed by atoms with E-state index in [0.717, 1.165) is 57.9 Å². The summed E-state index contributed by atoms with van der Waals surface area (Å²) >= 11 is 6.38. The third-order valence-corrected chi connectivity index (χ3v) is 11.0. The number of hydrogen-bond donors (Lipinski definition) is 4. The normalized spacial score (nSPS) is 24.7. The first kappa shape index (κ1) is 33.1. The lowest BCUT2D eigenvalue weighted by Crippen LogP contribution is -2.43. The van der Waals surface area contributed by atoms with Crippen LogP contribution >= 0.6 is 11.6 Å². The van der Waals surface area contributed by atoms with Gasteiger partial charge in [0.05, 0.1) is 16.2 Å². The van der Waals surface area contributed by atoms with Gasteiger partial charge in [0.15, 0.2) is 5.78 Å². The maximum absolute atomic E-state index is 13.1. The number of dihydropyridines is 1. The van der Waals surface area contributed by atoms with Crippen molar-refractivity contribution in [1.82, 2.24) is 10.6 Å². The van der Waals surface area contributed by atoms with Gasteiger partial charge >= 0.3 is 0 Å². The molecular weight excluding hydrogens is 638 g/mol. The molecule has 0 saturated heterocycles. The first-order valence-electron chi connectivity index (χ1n) is 17.5. The lowest BCUT2D eigenvalue weighted by atomic mass is 9.66. The van der Waals surface area contributed by atoms with Crippen LogP contribution in [0.1, 0.15) is 107 Å². The van der Waals surface area contributed by atoms with Gasteiger partial charge in [-0.1, -0.05) is 67.1 Å². The van der Waals surface area contributed by atoms with Gasteiger partial charge in [0.25, 0.3) is 5.91 Å². The molecule has 4 unspecified atom stereocenters. The van der Waals surface area contributed by atoms with Gasteiger partial charge in [-0.15, -0.1) is 0 Å². The summed E-state index contributed by atoms with van der Waals surface area (Å²) in [7, 11) is 0. The Balaban J connectivity index is 0.855. The maximum atomic E-state index is 13.1. The van der Waals surface area contributed by atoms with Gasteiger partial charge in [-0.3, -0.25) is 19.4 Å². The molecule has 1 heterocycles. The zero-order chi connectivity index (χ0) is 34.3. The lowest BCUT2D eigenvalue weighted by Gasteiger charge is -2.43. The monoisotopic (exact) mass is 679 g/mol. The highest BCUT2D eigenvalue weighted by Crippen LogP contribution is 2.53. The molecule has 5 aliphatic rings. The fourth-order valence-electron chi connectivity index (χ4n) is 8.46. The van der Waals surface area contributed by atoms with E-state index in [-0.39, 0.29) is 39.1 Å². The van der Waals surface area contributed by atoms with E-state index in [1.807, 2.05) is 6.21 Å². The molecule has 2 aromatic rings. The van der Waals surface area contributed by atoms with Crippen molar-refractivity contribution in [2.75, 3.05) is 13.1 Å². The summed E-state index contributed by atoms with van der Waals surface area (Å²) in [6.45, 7) is 3.66. The molecule has 7 rings (SSSR count). The standard InChI is InChI=1S/C40H42ClN3O5/c1-23-15-25-17-24-11-12-27-20-28(41)22-44-40(27,31(24)16-23)21-32(25)42-13-6-4-2-3-5-7-14-43-39(49)26-18-30-36(34(46)19-26)38(48)35-29(37(30)47)9-8-10-33(35)45/h8-10,12,16,18-22,24-25,31,42,45-46H,2-7,11,13-15,17H2,1H3,(H,43,49). The van der Waals surface area contributed by atoms with Crippen LogP contribution < -0.4 is 10.6 Å². The van der Waals surface area contributed by atoms with Crippen molar-refractivity contribution < 1.29 is 24.6 Å². The molecule has 1 aliphatic heterocycles. The maximum Gasteiger partial charge on any atom is 0.251 e. The molecule has 4 bridgehead atoms. The Labute approximate surface area is 291 Å². The summed E-state index contributed by atoms with van der Waals surface area (Å²) in [5.74, 6) is -0.910. The van der Waals surface area contributed by atoms with Crippen molar-refractivity contribution in [3.05, 3.63) is 104 Å². The number of aliphatic imine (C=N–C) groups is 1.